The molecule has 0 radical (unpaired) electrons. The normalized spacial score (nSPS) is 10.5. The molecule has 2 aromatic rings. The molecule has 2 rings (SSSR count). The van der Waals surface area contributed by atoms with Crippen LogP contribution in [0, 0.1) is 0 Å². The summed E-state index contributed by atoms with van der Waals surface area (Å²) in [5.74, 6) is -0.428. The van der Waals surface area contributed by atoms with Crippen LogP contribution in [0.25, 0.3) is 6.08 Å². The maximum Gasteiger partial charge on any atom is 0.335 e. The molecule has 0 aromatic heterocycles. The Labute approximate surface area is 134 Å². The number of hydrogen-bond donors (Lipinski definition) is 2. The first kappa shape index (κ1) is 16.3. The number of benzene rings is 2. The Balaban J connectivity index is 1.86. The number of ether oxygens (including phenoxy) is 1. The number of hydrogen-bond acceptors (Lipinski definition) is 3. The lowest BCUT2D eigenvalue weighted by molar-refractivity contribution is -0.116. The Morgan fingerprint density at radius 2 is 1.74 bits per heavy atom. The fourth-order valence-electron chi connectivity index (χ4n) is 1.90. The average Bonchev–Trinajstić information content (AvgIpc) is 2.59. The molecule has 0 aliphatic rings. The van der Waals surface area contributed by atoms with Gasteiger partial charge in [-0.1, -0.05) is 24.3 Å². The molecule has 1 amide bonds. The molecule has 0 fully saturated rings. The van der Waals surface area contributed by atoms with E-state index < -0.39 is 5.97 Å². The van der Waals surface area contributed by atoms with Crippen LogP contribution in [0.5, 0.6) is 5.75 Å². The minimum Gasteiger partial charge on any atom is -0.497 e. The molecule has 0 unspecified atom stereocenters. The highest BCUT2D eigenvalue weighted by atomic mass is 16.5. The lowest BCUT2D eigenvalue weighted by Crippen LogP contribution is -2.20. The Morgan fingerprint density at radius 3 is 2.30 bits per heavy atom. The second kappa shape index (κ2) is 7.79. The van der Waals surface area contributed by atoms with Crippen molar-refractivity contribution in [3.63, 3.8) is 0 Å². The topological polar surface area (TPSA) is 75.6 Å². The molecule has 118 valence electrons. The number of carboxylic acids is 1. The standard InChI is InChI=1S/C18H17NO4/c1-23-16-9-4-13(5-10-16)6-11-17(20)19-12-14-2-7-15(8-3-14)18(21)22/h2-11H,12H2,1H3,(H,19,20)(H,21,22). The second-order valence-electron chi connectivity index (χ2n) is 4.83. The predicted octanol–water partition coefficient (Wildman–Crippen LogP) is 2.72. The van der Waals surface area contributed by atoms with E-state index in [1.165, 1.54) is 18.2 Å². The second-order valence-corrected chi connectivity index (χ2v) is 4.83. The van der Waals surface area contributed by atoms with Crippen molar-refractivity contribution in [2.75, 3.05) is 7.11 Å². The van der Waals surface area contributed by atoms with Crippen molar-refractivity contribution in [2.45, 2.75) is 6.54 Å². The van der Waals surface area contributed by atoms with E-state index in [0.717, 1.165) is 16.9 Å². The summed E-state index contributed by atoms with van der Waals surface area (Å²) in [7, 11) is 1.60. The molecule has 0 spiro atoms. The van der Waals surface area contributed by atoms with Crippen LogP contribution in [0.2, 0.25) is 0 Å². The van der Waals surface area contributed by atoms with Crippen molar-refractivity contribution in [2.24, 2.45) is 0 Å². The van der Waals surface area contributed by atoms with Crippen LogP contribution in [0.15, 0.2) is 54.6 Å². The summed E-state index contributed by atoms with van der Waals surface area (Å²) in [6.45, 7) is 0.339. The molecule has 0 bridgehead atoms. The summed E-state index contributed by atoms with van der Waals surface area (Å²) in [5, 5.41) is 11.6. The number of rotatable bonds is 6. The largest absolute Gasteiger partial charge is 0.497 e. The Kier molecular flexibility index (Phi) is 5.52. The van der Waals surface area contributed by atoms with Gasteiger partial charge in [0, 0.05) is 12.6 Å². The van der Waals surface area contributed by atoms with Gasteiger partial charge in [-0.25, -0.2) is 4.79 Å². The molecule has 23 heavy (non-hydrogen) atoms. The molecule has 0 atom stereocenters. The van der Waals surface area contributed by atoms with Crippen molar-refractivity contribution in [1.29, 1.82) is 0 Å². The van der Waals surface area contributed by atoms with E-state index in [9.17, 15) is 9.59 Å². The maximum absolute atomic E-state index is 11.8. The van der Waals surface area contributed by atoms with Crippen LogP contribution >= 0.6 is 0 Å². The first-order valence-corrected chi connectivity index (χ1v) is 7.00. The first-order chi connectivity index (χ1) is 11.1. The van der Waals surface area contributed by atoms with E-state index in [4.69, 9.17) is 9.84 Å². The number of carbonyl (C=O) groups is 2. The lowest BCUT2D eigenvalue weighted by Gasteiger charge is -2.03. The maximum atomic E-state index is 11.8. The molecule has 0 saturated heterocycles. The third kappa shape index (κ3) is 5.00. The Bertz CT molecular complexity index is 703. The minimum atomic E-state index is -0.969. The molecule has 0 aliphatic heterocycles. The van der Waals surface area contributed by atoms with E-state index in [2.05, 4.69) is 5.32 Å². The third-order valence-corrected chi connectivity index (χ3v) is 3.21. The zero-order valence-electron chi connectivity index (χ0n) is 12.7. The van der Waals surface area contributed by atoms with Gasteiger partial charge >= 0.3 is 5.97 Å². The highest BCUT2D eigenvalue weighted by Crippen LogP contribution is 2.12. The van der Waals surface area contributed by atoms with Crippen LogP contribution in [0.4, 0.5) is 0 Å². The highest BCUT2D eigenvalue weighted by molar-refractivity contribution is 5.91. The fraction of sp³-hybridized carbons (Fsp3) is 0.111. The lowest BCUT2D eigenvalue weighted by atomic mass is 10.1. The van der Waals surface area contributed by atoms with Gasteiger partial charge < -0.3 is 15.2 Å². The van der Waals surface area contributed by atoms with Gasteiger partial charge in [0.1, 0.15) is 5.75 Å². The Morgan fingerprint density at radius 1 is 1.09 bits per heavy atom. The predicted molar refractivity (Wildman–Crippen MR) is 87.3 cm³/mol. The summed E-state index contributed by atoms with van der Waals surface area (Å²) in [6.07, 6.45) is 3.16. The van der Waals surface area contributed by atoms with Gasteiger partial charge in [-0.05, 0) is 41.5 Å². The van der Waals surface area contributed by atoms with Gasteiger partial charge in [-0.15, -0.1) is 0 Å². The number of carboxylic acid groups (broad SMARTS) is 1. The van der Waals surface area contributed by atoms with E-state index >= 15 is 0 Å². The van der Waals surface area contributed by atoms with Crippen LogP contribution in [-0.4, -0.2) is 24.1 Å². The van der Waals surface area contributed by atoms with Crippen molar-refractivity contribution < 1.29 is 19.4 Å². The quantitative estimate of drug-likeness (QED) is 0.804. The smallest absolute Gasteiger partial charge is 0.335 e. The summed E-state index contributed by atoms with van der Waals surface area (Å²) < 4.78 is 5.07. The number of amides is 1. The molecule has 0 heterocycles. The molecule has 2 N–H and O–H groups in total. The molecule has 2 aromatic carbocycles. The SMILES string of the molecule is COc1ccc(C=CC(=O)NCc2ccc(C(=O)O)cc2)cc1. The molecular formula is C18H17NO4. The van der Waals surface area contributed by atoms with E-state index in [0.29, 0.717) is 6.54 Å². The van der Waals surface area contributed by atoms with Crippen molar-refractivity contribution in [1.82, 2.24) is 5.32 Å². The highest BCUT2D eigenvalue weighted by Gasteiger charge is 2.02. The van der Waals surface area contributed by atoms with Gasteiger partial charge in [0.05, 0.1) is 12.7 Å². The van der Waals surface area contributed by atoms with Crippen LogP contribution in [0.1, 0.15) is 21.5 Å². The third-order valence-electron chi connectivity index (χ3n) is 3.21. The van der Waals surface area contributed by atoms with Crippen molar-refractivity contribution >= 4 is 18.0 Å². The van der Waals surface area contributed by atoms with Crippen LogP contribution in [0.3, 0.4) is 0 Å². The van der Waals surface area contributed by atoms with E-state index in [-0.39, 0.29) is 11.5 Å². The summed E-state index contributed by atoms with van der Waals surface area (Å²) >= 11 is 0. The minimum absolute atomic E-state index is 0.219. The Hall–Kier alpha value is -3.08. The summed E-state index contributed by atoms with van der Waals surface area (Å²) in [4.78, 5) is 22.5. The fourth-order valence-corrected chi connectivity index (χ4v) is 1.90. The number of carbonyl (C=O) groups excluding carboxylic acids is 1. The zero-order valence-corrected chi connectivity index (χ0v) is 12.7. The van der Waals surface area contributed by atoms with Crippen molar-refractivity contribution in [3.8, 4) is 5.75 Å². The molecule has 5 heteroatoms. The van der Waals surface area contributed by atoms with Crippen molar-refractivity contribution in [3.05, 3.63) is 71.3 Å². The number of nitrogens with one attached hydrogen (secondary N) is 1. The summed E-state index contributed by atoms with van der Waals surface area (Å²) in [6, 6.07) is 13.7. The van der Waals surface area contributed by atoms with Crippen LogP contribution in [-0.2, 0) is 11.3 Å². The van der Waals surface area contributed by atoms with Gasteiger partial charge in [-0.2, -0.15) is 0 Å². The van der Waals surface area contributed by atoms with E-state index in [1.54, 1.807) is 25.3 Å². The molecule has 0 aliphatic carbocycles. The monoisotopic (exact) mass is 311 g/mol. The molecular weight excluding hydrogens is 294 g/mol. The van der Waals surface area contributed by atoms with Gasteiger partial charge in [0.25, 0.3) is 0 Å². The van der Waals surface area contributed by atoms with Gasteiger partial charge in [0.15, 0.2) is 0 Å². The van der Waals surface area contributed by atoms with Crippen LogP contribution < -0.4 is 10.1 Å². The van der Waals surface area contributed by atoms with E-state index in [1.807, 2.05) is 24.3 Å². The summed E-state index contributed by atoms with van der Waals surface area (Å²) in [5.41, 5.74) is 1.95. The van der Waals surface area contributed by atoms with Gasteiger partial charge in [-0.3, -0.25) is 4.79 Å². The zero-order chi connectivity index (χ0) is 16.7. The molecule has 5 nitrogen and oxygen atoms in total. The molecule has 0 saturated carbocycles. The number of aromatic carboxylic acids is 1. The average molecular weight is 311 g/mol. The number of methoxy groups -OCH3 is 1. The first-order valence-electron chi connectivity index (χ1n) is 7.00. The van der Waals surface area contributed by atoms with Gasteiger partial charge in [0.2, 0.25) is 5.91 Å².